The molecular formula is C28H26N4S2. The Morgan fingerprint density at radius 1 is 0.500 bits per heavy atom. The summed E-state index contributed by atoms with van der Waals surface area (Å²) in [5, 5.41) is 2.10. The van der Waals surface area contributed by atoms with Crippen LogP contribution in [0.25, 0.3) is 0 Å². The molecule has 2 heterocycles. The zero-order valence-corrected chi connectivity index (χ0v) is 20.5. The van der Waals surface area contributed by atoms with Crippen molar-refractivity contribution in [1.29, 1.82) is 0 Å². The third-order valence-electron chi connectivity index (χ3n) is 5.50. The molecule has 4 nitrogen and oxygen atoms in total. The van der Waals surface area contributed by atoms with Gasteiger partial charge in [0.05, 0.1) is 0 Å². The number of benzene rings is 3. The SMILES string of the molecule is c1ccc(Cn2ccnc2SCc2ccc(CSc3nccn3Cc3ccccc3)cc2)cc1. The van der Waals surface area contributed by atoms with Crippen LogP contribution in [0.5, 0.6) is 0 Å². The summed E-state index contributed by atoms with van der Waals surface area (Å²) >= 11 is 3.56. The van der Waals surface area contributed by atoms with Crippen LogP contribution < -0.4 is 0 Å². The van der Waals surface area contributed by atoms with Crippen molar-refractivity contribution >= 4 is 23.5 Å². The van der Waals surface area contributed by atoms with E-state index in [2.05, 4.69) is 104 Å². The highest BCUT2D eigenvalue weighted by Gasteiger charge is 2.07. The first-order valence-corrected chi connectivity index (χ1v) is 13.2. The van der Waals surface area contributed by atoms with Gasteiger partial charge in [-0.05, 0) is 22.3 Å². The van der Waals surface area contributed by atoms with E-state index < -0.39 is 0 Å². The fraction of sp³-hybridized carbons (Fsp3) is 0.143. The molecule has 0 saturated heterocycles. The Hall–Kier alpha value is -3.22. The molecule has 0 aliphatic carbocycles. The summed E-state index contributed by atoms with van der Waals surface area (Å²) in [6.07, 6.45) is 7.87. The highest BCUT2D eigenvalue weighted by Crippen LogP contribution is 2.25. The molecular weight excluding hydrogens is 456 g/mol. The van der Waals surface area contributed by atoms with Gasteiger partial charge in [-0.25, -0.2) is 9.97 Å². The van der Waals surface area contributed by atoms with Gasteiger partial charge in [0.1, 0.15) is 0 Å². The zero-order chi connectivity index (χ0) is 23.0. The number of imidazole rings is 2. The van der Waals surface area contributed by atoms with Crippen molar-refractivity contribution in [2.75, 3.05) is 0 Å². The van der Waals surface area contributed by atoms with Crippen LogP contribution in [0.3, 0.4) is 0 Å². The molecule has 6 heteroatoms. The molecule has 5 aromatic rings. The van der Waals surface area contributed by atoms with Crippen molar-refractivity contribution in [3.8, 4) is 0 Å². The maximum Gasteiger partial charge on any atom is 0.168 e. The average molecular weight is 483 g/mol. The first kappa shape index (κ1) is 22.6. The molecule has 0 fully saturated rings. The van der Waals surface area contributed by atoms with Crippen LogP contribution in [0.4, 0.5) is 0 Å². The van der Waals surface area contributed by atoms with E-state index in [1.807, 2.05) is 24.5 Å². The molecule has 34 heavy (non-hydrogen) atoms. The van der Waals surface area contributed by atoms with Crippen molar-refractivity contribution in [3.63, 3.8) is 0 Å². The topological polar surface area (TPSA) is 35.6 Å². The molecule has 0 unspecified atom stereocenters. The van der Waals surface area contributed by atoms with Crippen molar-refractivity contribution in [3.05, 3.63) is 132 Å². The quantitative estimate of drug-likeness (QED) is 0.206. The molecule has 0 spiro atoms. The van der Waals surface area contributed by atoms with E-state index in [-0.39, 0.29) is 0 Å². The van der Waals surface area contributed by atoms with Crippen LogP contribution in [0.1, 0.15) is 22.3 Å². The maximum atomic E-state index is 4.55. The molecule has 0 radical (unpaired) electrons. The van der Waals surface area contributed by atoms with Gasteiger partial charge in [-0.15, -0.1) is 0 Å². The van der Waals surface area contributed by atoms with Crippen molar-refractivity contribution in [1.82, 2.24) is 19.1 Å². The summed E-state index contributed by atoms with van der Waals surface area (Å²) in [6.45, 7) is 1.69. The standard InChI is InChI=1S/C28H26N4S2/c1-3-7-23(8-4-1)19-31-17-15-29-27(31)33-21-25-11-13-26(14-12-25)22-34-28-30-16-18-32(28)20-24-9-5-2-6-10-24/h1-18H,19-22H2. The Bertz CT molecular complexity index is 1190. The van der Waals surface area contributed by atoms with Gasteiger partial charge in [0.25, 0.3) is 0 Å². The summed E-state index contributed by atoms with van der Waals surface area (Å²) in [7, 11) is 0. The minimum Gasteiger partial charge on any atom is -0.322 e. The largest absolute Gasteiger partial charge is 0.322 e. The fourth-order valence-electron chi connectivity index (χ4n) is 3.70. The number of nitrogens with zero attached hydrogens (tertiary/aromatic N) is 4. The monoisotopic (exact) mass is 482 g/mol. The lowest BCUT2D eigenvalue weighted by molar-refractivity contribution is 0.708. The van der Waals surface area contributed by atoms with Crippen molar-refractivity contribution in [2.24, 2.45) is 0 Å². The van der Waals surface area contributed by atoms with Gasteiger partial charge in [-0.1, -0.05) is 108 Å². The first-order valence-electron chi connectivity index (χ1n) is 11.3. The molecule has 0 aliphatic rings. The summed E-state index contributed by atoms with van der Waals surface area (Å²) in [4.78, 5) is 9.11. The van der Waals surface area contributed by atoms with Gasteiger partial charge in [0.2, 0.25) is 0 Å². The number of hydrogen-bond donors (Lipinski definition) is 0. The van der Waals surface area contributed by atoms with Gasteiger partial charge in [-0.2, -0.15) is 0 Å². The Labute approximate surface area is 209 Å². The van der Waals surface area contributed by atoms with E-state index in [1.54, 1.807) is 23.5 Å². The molecule has 0 N–H and O–H groups in total. The maximum absolute atomic E-state index is 4.55. The van der Waals surface area contributed by atoms with E-state index >= 15 is 0 Å². The van der Waals surface area contributed by atoms with Crippen LogP contribution in [0.15, 0.2) is 120 Å². The molecule has 3 aromatic carbocycles. The third kappa shape index (κ3) is 6.01. The minimum atomic E-state index is 0.847. The highest BCUT2D eigenvalue weighted by molar-refractivity contribution is 7.98. The highest BCUT2D eigenvalue weighted by atomic mass is 32.2. The molecule has 0 bridgehead atoms. The second-order valence-electron chi connectivity index (χ2n) is 8.04. The summed E-state index contributed by atoms with van der Waals surface area (Å²) in [6, 6.07) is 29.9. The van der Waals surface area contributed by atoms with Crippen molar-refractivity contribution in [2.45, 2.75) is 34.9 Å². The van der Waals surface area contributed by atoms with E-state index in [0.29, 0.717) is 0 Å². The van der Waals surface area contributed by atoms with Crippen LogP contribution in [0, 0.1) is 0 Å². The summed E-state index contributed by atoms with van der Waals surface area (Å²) in [5.74, 6) is 1.81. The lowest BCUT2D eigenvalue weighted by Crippen LogP contribution is -2.00. The lowest BCUT2D eigenvalue weighted by atomic mass is 10.2. The van der Waals surface area contributed by atoms with Crippen LogP contribution >= 0.6 is 23.5 Å². The van der Waals surface area contributed by atoms with Crippen LogP contribution in [0.2, 0.25) is 0 Å². The van der Waals surface area contributed by atoms with E-state index in [9.17, 15) is 0 Å². The third-order valence-corrected chi connectivity index (χ3v) is 7.66. The molecule has 0 atom stereocenters. The second kappa shape index (κ2) is 11.3. The fourth-order valence-corrected chi connectivity index (χ4v) is 5.53. The Balaban J connectivity index is 1.14. The molecule has 5 rings (SSSR count). The molecule has 170 valence electrons. The molecule has 2 aromatic heterocycles. The predicted octanol–water partition coefficient (Wildman–Crippen LogP) is 6.76. The van der Waals surface area contributed by atoms with E-state index in [1.165, 1.54) is 22.3 Å². The van der Waals surface area contributed by atoms with Gasteiger partial charge in [0.15, 0.2) is 10.3 Å². The minimum absolute atomic E-state index is 0.847. The van der Waals surface area contributed by atoms with Gasteiger partial charge in [0, 0.05) is 49.4 Å². The summed E-state index contributed by atoms with van der Waals surface area (Å²) < 4.78 is 4.42. The first-order chi connectivity index (χ1) is 16.8. The molecule has 0 amide bonds. The van der Waals surface area contributed by atoms with Crippen LogP contribution in [-0.4, -0.2) is 19.1 Å². The van der Waals surface area contributed by atoms with Crippen molar-refractivity contribution < 1.29 is 0 Å². The number of rotatable bonds is 10. The normalized spacial score (nSPS) is 11.1. The van der Waals surface area contributed by atoms with E-state index in [4.69, 9.17) is 0 Å². The summed E-state index contributed by atoms with van der Waals surface area (Å²) in [5.41, 5.74) is 5.18. The van der Waals surface area contributed by atoms with Gasteiger partial charge >= 0.3 is 0 Å². The lowest BCUT2D eigenvalue weighted by Gasteiger charge is -2.09. The smallest absolute Gasteiger partial charge is 0.168 e. The predicted molar refractivity (Wildman–Crippen MR) is 141 cm³/mol. The number of thioether (sulfide) groups is 2. The Kier molecular flexibility index (Phi) is 7.48. The average Bonchev–Trinajstić information content (AvgIpc) is 3.52. The number of aromatic nitrogens is 4. The molecule has 0 aliphatic heterocycles. The second-order valence-corrected chi connectivity index (χ2v) is 9.93. The Morgan fingerprint density at radius 2 is 0.912 bits per heavy atom. The molecule has 0 saturated carbocycles. The van der Waals surface area contributed by atoms with Crippen LogP contribution in [-0.2, 0) is 24.6 Å². The Morgan fingerprint density at radius 3 is 1.32 bits per heavy atom. The number of hydrogen-bond acceptors (Lipinski definition) is 4. The van der Waals surface area contributed by atoms with Gasteiger partial charge in [-0.3, -0.25) is 0 Å². The van der Waals surface area contributed by atoms with Gasteiger partial charge < -0.3 is 9.13 Å². The van der Waals surface area contributed by atoms with E-state index in [0.717, 1.165) is 34.9 Å². The zero-order valence-electron chi connectivity index (χ0n) is 18.8.